The highest BCUT2D eigenvalue weighted by molar-refractivity contribution is 5.83. The molecule has 2 saturated carbocycles. The average Bonchev–Trinajstić information content (AvgIpc) is 3.16. The van der Waals surface area contributed by atoms with Crippen LogP contribution in [0.25, 0.3) is 0 Å². The van der Waals surface area contributed by atoms with Gasteiger partial charge >= 0.3 is 0 Å². The normalized spacial score (nSPS) is 23.9. The molecule has 0 aliphatic heterocycles. The fourth-order valence-corrected chi connectivity index (χ4v) is 6.62. The Morgan fingerprint density at radius 3 is 2.42 bits per heavy atom. The van der Waals surface area contributed by atoms with E-state index in [0.29, 0.717) is 17.6 Å². The van der Waals surface area contributed by atoms with Crippen LogP contribution >= 0.6 is 0 Å². The molecule has 0 heterocycles. The second-order valence-corrected chi connectivity index (χ2v) is 11.4. The largest absolute Gasteiger partial charge is 0.393 e. The molecule has 2 aliphatic carbocycles. The summed E-state index contributed by atoms with van der Waals surface area (Å²) in [4.78, 5) is 12.6. The van der Waals surface area contributed by atoms with Crippen LogP contribution in [-0.4, -0.2) is 17.0 Å². The van der Waals surface area contributed by atoms with Crippen LogP contribution in [0.15, 0.2) is 30.3 Å². The molecule has 0 bridgehead atoms. The fourth-order valence-electron chi connectivity index (χ4n) is 6.62. The quantitative estimate of drug-likeness (QED) is 0.254. The monoisotopic (exact) mass is 454 g/mol. The van der Waals surface area contributed by atoms with E-state index in [-0.39, 0.29) is 17.4 Å². The van der Waals surface area contributed by atoms with Crippen LogP contribution in [0.2, 0.25) is 0 Å². The third kappa shape index (κ3) is 7.67. The number of carbonyl (C=O) groups is 1. The summed E-state index contributed by atoms with van der Waals surface area (Å²) in [6.07, 6.45) is 19.7. The Kier molecular flexibility index (Phi) is 11.0. The molecule has 0 saturated heterocycles. The third-order valence-electron chi connectivity index (χ3n) is 9.16. The van der Waals surface area contributed by atoms with E-state index >= 15 is 0 Å². The molecule has 2 aliphatic rings. The van der Waals surface area contributed by atoms with Crippen molar-refractivity contribution in [2.45, 2.75) is 135 Å². The molecule has 3 rings (SSSR count). The van der Waals surface area contributed by atoms with E-state index in [2.05, 4.69) is 44.2 Å². The first-order chi connectivity index (χ1) is 16.1. The fraction of sp³-hybridized carbons (Fsp3) is 0.774. The smallest absolute Gasteiger partial charge is 0.136 e. The van der Waals surface area contributed by atoms with Gasteiger partial charge in [-0.1, -0.05) is 95.5 Å². The van der Waals surface area contributed by atoms with E-state index in [9.17, 15) is 9.90 Å². The van der Waals surface area contributed by atoms with Crippen molar-refractivity contribution in [3.05, 3.63) is 35.9 Å². The molecule has 2 nitrogen and oxygen atoms in total. The number of aliphatic hydroxyl groups is 1. The molecule has 1 aromatic rings. The molecule has 0 aromatic heterocycles. The van der Waals surface area contributed by atoms with Crippen LogP contribution in [0.5, 0.6) is 0 Å². The molecule has 0 radical (unpaired) electrons. The van der Waals surface area contributed by atoms with Gasteiger partial charge in [0.15, 0.2) is 0 Å². The van der Waals surface area contributed by atoms with Gasteiger partial charge in [-0.2, -0.15) is 0 Å². The summed E-state index contributed by atoms with van der Waals surface area (Å²) in [5.74, 6) is 1.91. The Labute approximate surface area is 203 Å². The first kappa shape index (κ1) is 26.5. The third-order valence-corrected chi connectivity index (χ3v) is 9.16. The predicted molar refractivity (Wildman–Crippen MR) is 139 cm³/mol. The zero-order valence-corrected chi connectivity index (χ0v) is 21.6. The van der Waals surface area contributed by atoms with Crippen molar-refractivity contribution in [3.8, 4) is 0 Å². The molecule has 4 atom stereocenters. The highest BCUT2D eigenvalue weighted by Crippen LogP contribution is 2.50. The maximum absolute atomic E-state index is 12.6. The van der Waals surface area contributed by atoms with E-state index in [0.717, 1.165) is 32.1 Å². The molecule has 186 valence electrons. The average molecular weight is 455 g/mol. The Balaban J connectivity index is 1.36. The van der Waals surface area contributed by atoms with Gasteiger partial charge in [0.25, 0.3) is 0 Å². The second kappa shape index (κ2) is 13.7. The van der Waals surface area contributed by atoms with Gasteiger partial charge in [0.1, 0.15) is 5.78 Å². The van der Waals surface area contributed by atoms with Gasteiger partial charge in [-0.15, -0.1) is 0 Å². The van der Waals surface area contributed by atoms with E-state index in [1.165, 1.54) is 82.6 Å². The lowest BCUT2D eigenvalue weighted by Crippen LogP contribution is -2.41. The number of ketones is 1. The zero-order chi connectivity index (χ0) is 23.5. The first-order valence-electron chi connectivity index (χ1n) is 14.3. The number of aliphatic hydroxyl groups excluding tert-OH is 1. The van der Waals surface area contributed by atoms with Gasteiger partial charge in [-0.3, -0.25) is 4.79 Å². The minimum atomic E-state index is -0.149. The van der Waals surface area contributed by atoms with E-state index in [4.69, 9.17) is 0 Å². The van der Waals surface area contributed by atoms with Gasteiger partial charge in [-0.25, -0.2) is 0 Å². The number of benzene rings is 1. The molecule has 0 amide bonds. The Hall–Kier alpha value is -1.15. The molecule has 2 heteroatoms. The van der Waals surface area contributed by atoms with Crippen LogP contribution in [0.3, 0.4) is 0 Å². The van der Waals surface area contributed by atoms with Gasteiger partial charge < -0.3 is 5.11 Å². The van der Waals surface area contributed by atoms with E-state index in [1.807, 2.05) is 0 Å². The number of unbranched alkanes of at least 4 members (excludes halogenated alkanes) is 5. The van der Waals surface area contributed by atoms with Crippen molar-refractivity contribution in [1.82, 2.24) is 0 Å². The number of hydrogen-bond donors (Lipinski definition) is 1. The lowest BCUT2D eigenvalue weighted by atomic mass is 9.61. The van der Waals surface area contributed by atoms with Crippen molar-refractivity contribution in [3.63, 3.8) is 0 Å². The summed E-state index contributed by atoms with van der Waals surface area (Å²) in [5.41, 5.74) is 1.65. The van der Waals surface area contributed by atoms with Crippen LogP contribution in [0, 0.1) is 17.3 Å². The molecular weight excluding hydrogens is 404 g/mol. The minimum absolute atomic E-state index is 0.149. The summed E-state index contributed by atoms with van der Waals surface area (Å²) >= 11 is 0. The van der Waals surface area contributed by atoms with Crippen molar-refractivity contribution >= 4 is 5.78 Å². The maximum Gasteiger partial charge on any atom is 0.136 e. The van der Waals surface area contributed by atoms with Gasteiger partial charge in [0.2, 0.25) is 0 Å². The SMILES string of the molecule is CCCCCCC1(C(O)CC[C@H]2CCC(=O)[C@@H]2CCCCCC(C)c2ccccc2)CCC1. The summed E-state index contributed by atoms with van der Waals surface area (Å²) in [6.45, 7) is 4.59. The molecule has 33 heavy (non-hydrogen) atoms. The first-order valence-corrected chi connectivity index (χ1v) is 14.3. The summed E-state index contributed by atoms with van der Waals surface area (Å²) < 4.78 is 0. The van der Waals surface area contributed by atoms with Gasteiger partial charge in [0.05, 0.1) is 6.10 Å². The number of carbonyl (C=O) groups excluding carboxylic acids is 1. The Bertz CT molecular complexity index is 677. The zero-order valence-electron chi connectivity index (χ0n) is 21.6. The van der Waals surface area contributed by atoms with Crippen molar-refractivity contribution < 1.29 is 9.90 Å². The summed E-state index contributed by atoms with van der Waals surface area (Å²) in [5, 5.41) is 11.1. The Morgan fingerprint density at radius 1 is 0.970 bits per heavy atom. The molecular formula is C31H50O2. The highest BCUT2D eigenvalue weighted by Gasteiger charge is 2.43. The molecule has 1 N–H and O–H groups in total. The van der Waals surface area contributed by atoms with Crippen LogP contribution in [0.4, 0.5) is 0 Å². The minimum Gasteiger partial charge on any atom is -0.393 e. The van der Waals surface area contributed by atoms with Crippen molar-refractivity contribution in [2.75, 3.05) is 0 Å². The number of rotatable bonds is 16. The summed E-state index contributed by atoms with van der Waals surface area (Å²) in [7, 11) is 0. The number of hydrogen-bond acceptors (Lipinski definition) is 2. The topological polar surface area (TPSA) is 37.3 Å². The Morgan fingerprint density at radius 2 is 1.73 bits per heavy atom. The molecule has 2 unspecified atom stereocenters. The van der Waals surface area contributed by atoms with Gasteiger partial charge in [0, 0.05) is 12.3 Å². The summed E-state index contributed by atoms with van der Waals surface area (Å²) in [6, 6.07) is 10.8. The van der Waals surface area contributed by atoms with Gasteiger partial charge in [-0.05, 0) is 74.2 Å². The second-order valence-electron chi connectivity index (χ2n) is 11.4. The maximum atomic E-state index is 12.6. The molecule has 2 fully saturated rings. The van der Waals surface area contributed by atoms with Crippen molar-refractivity contribution in [2.24, 2.45) is 17.3 Å². The van der Waals surface area contributed by atoms with Crippen LogP contribution in [-0.2, 0) is 4.79 Å². The van der Waals surface area contributed by atoms with Crippen LogP contribution < -0.4 is 0 Å². The lowest BCUT2D eigenvalue weighted by molar-refractivity contribution is -0.121. The van der Waals surface area contributed by atoms with E-state index < -0.39 is 0 Å². The van der Waals surface area contributed by atoms with Crippen LogP contribution in [0.1, 0.15) is 134 Å². The highest BCUT2D eigenvalue weighted by atomic mass is 16.3. The molecule has 1 aromatic carbocycles. The predicted octanol–water partition coefficient (Wildman–Crippen LogP) is 8.62. The number of Topliss-reactive ketones (excluding diaryl/α,β-unsaturated/α-hetero) is 1. The van der Waals surface area contributed by atoms with E-state index in [1.54, 1.807) is 0 Å². The lowest BCUT2D eigenvalue weighted by Gasteiger charge is -2.46. The van der Waals surface area contributed by atoms with Crippen molar-refractivity contribution in [1.29, 1.82) is 0 Å². The standard InChI is InChI=1S/C31H50O2/c1-3-4-5-12-22-31(23-13-24-31)30(33)21-19-27-18-20-29(32)28(27)17-11-6-8-14-25(2)26-15-9-7-10-16-26/h7,9-10,15-16,25,27-28,30,33H,3-6,8,11-14,17-24H2,1-2H3/t25?,27-,28-,30?/m1/s1. The molecule has 0 spiro atoms.